The average Bonchev–Trinajstić information content (AvgIpc) is 2.52. The number of ether oxygens (including phenoxy) is 1. The Morgan fingerprint density at radius 3 is 2.83 bits per heavy atom. The minimum Gasteiger partial charge on any atom is -0.506 e. The quantitative estimate of drug-likeness (QED) is 0.853. The first-order chi connectivity index (χ1) is 11.0. The van der Waals surface area contributed by atoms with E-state index in [-0.39, 0.29) is 24.5 Å². The molecule has 0 radical (unpaired) electrons. The van der Waals surface area contributed by atoms with Crippen LogP contribution in [0.3, 0.4) is 0 Å². The molecule has 6 nitrogen and oxygen atoms in total. The van der Waals surface area contributed by atoms with Gasteiger partial charge in [-0.25, -0.2) is 9.18 Å². The van der Waals surface area contributed by atoms with Crippen LogP contribution in [0.25, 0.3) is 0 Å². The first-order valence-electron chi connectivity index (χ1n) is 6.86. The summed E-state index contributed by atoms with van der Waals surface area (Å²) in [5, 5.41) is 11.8. The third kappa shape index (κ3) is 3.08. The van der Waals surface area contributed by atoms with Gasteiger partial charge in [-0.2, -0.15) is 0 Å². The van der Waals surface area contributed by atoms with Gasteiger partial charge in [0.25, 0.3) is 0 Å². The number of phenolic OH excluding ortho intramolecular Hbond substituents is 1. The predicted molar refractivity (Wildman–Crippen MR) is 79.6 cm³/mol. The smallest absolute Gasteiger partial charge is 0.416 e. The van der Waals surface area contributed by atoms with Crippen molar-refractivity contribution < 1.29 is 23.8 Å². The van der Waals surface area contributed by atoms with Crippen molar-refractivity contribution in [3.63, 3.8) is 0 Å². The molecule has 2 aromatic carbocycles. The Morgan fingerprint density at radius 1 is 1.26 bits per heavy atom. The number of carbonyl (C=O) groups is 2. The number of anilines is 1. The number of para-hydroxylation sites is 2. The fourth-order valence-electron chi connectivity index (χ4n) is 2.27. The fraction of sp³-hybridized carbons (Fsp3) is 0.125. The summed E-state index contributed by atoms with van der Waals surface area (Å²) >= 11 is 0. The Hall–Kier alpha value is -3.09. The van der Waals surface area contributed by atoms with Crippen LogP contribution in [0.4, 0.5) is 14.9 Å². The van der Waals surface area contributed by atoms with E-state index in [0.29, 0.717) is 5.75 Å². The van der Waals surface area contributed by atoms with Crippen molar-refractivity contribution in [2.45, 2.75) is 6.54 Å². The van der Waals surface area contributed by atoms with E-state index in [1.54, 1.807) is 24.3 Å². The van der Waals surface area contributed by atoms with Crippen LogP contribution in [0.15, 0.2) is 42.5 Å². The molecule has 0 fully saturated rings. The molecule has 3 rings (SSSR count). The molecule has 0 saturated heterocycles. The highest BCUT2D eigenvalue weighted by atomic mass is 19.1. The van der Waals surface area contributed by atoms with Crippen LogP contribution >= 0.6 is 0 Å². The SMILES string of the molecule is O=C(CN1Cc2ccccc2OC1=O)Nc1c(O)cccc1F. The number of rotatable bonds is 3. The van der Waals surface area contributed by atoms with Gasteiger partial charge in [0.05, 0.1) is 6.54 Å². The van der Waals surface area contributed by atoms with Gasteiger partial charge in [-0.3, -0.25) is 9.69 Å². The number of benzene rings is 2. The summed E-state index contributed by atoms with van der Waals surface area (Å²) in [4.78, 5) is 25.1. The molecule has 118 valence electrons. The van der Waals surface area contributed by atoms with E-state index >= 15 is 0 Å². The van der Waals surface area contributed by atoms with Gasteiger partial charge in [-0.15, -0.1) is 0 Å². The highest BCUT2D eigenvalue weighted by Gasteiger charge is 2.26. The first kappa shape index (κ1) is 14.8. The Kier molecular flexibility index (Phi) is 3.84. The lowest BCUT2D eigenvalue weighted by molar-refractivity contribution is -0.117. The molecule has 0 atom stereocenters. The predicted octanol–water partition coefficient (Wildman–Crippen LogP) is 2.48. The van der Waals surface area contributed by atoms with Gasteiger partial charge in [0.15, 0.2) is 5.82 Å². The van der Waals surface area contributed by atoms with E-state index in [2.05, 4.69) is 5.32 Å². The van der Waals surface area contributed by atoms with E-state index in [1.807, 2.05) is 0 Å². The van der Waals surface area contributed by atoms with Gasteiger partial charge in [-0.05, 0) is 18.2 Å². The molecule has 2 aromatic rings. The van der Waals surface area contributed by atoms with E-state index in [4.69, 9.17) is 4.74 Å². The van der Waals surface area contributed by atoms with Gasteiger partial charge in [-0.1, -0.05) is 24.3 Å². The van der Waals surface area contributed by atoms with Crippen LogP contribution in [0, 0.1) is 5.82 Å². The van der Waals surface area contributed by atoms with Gasteiger partial charge in [0.2, 0.25) is 5.91 Å². The molecular weight excluding hydrogens is 303 g/mol. The van der Waals surface area contributed by atoms with Crippen molar-refractivity contribution in [3.05, 3.63) is 53.8 Å². The standard InChI is InChI=1S/C16H13FN2O4/c17-11-5-3-6-12(20)15(11)18-14(21)9-19-8-10-4-1-2-7-13(10)23-16(19)22/h1-7,20H,8-9H2,(H,18,21). The van der Waals surface area contributed by atoms with Crippen LogP contribution in [-0.2, 0) is 11.3 Å². The summed E-state index contributed by atoms with van der Waals surface area (Å²) < 4.78 is 18.7. The van der Waals surface area contributed by atoms with Crippen LogP contribution < -0.4 is 10.1 Å². The molecule has 2 N–H and O–H groups in total. The van der Waals surface area contributed by atoms with Crippen molar-refractivity contribution >= 4 is 17.7 Å². The lowest BCUT2D eigenvalue weighted by Gasteiger charge is -2.27. The van der Waals surface area contributed by atoms with Gasteiger partial charge >= 0.3 is 6.09 Å². The number of hydrogen-bond donors (Lipinski definition) is 2. The zero-order valence-corrected chi connectivity index (χ0v) is 12.0. The lowest BCUT2D eigenvalue weighted by atomic mass is 10.1. The molecule has 1 aliphatic heterocycles. The number of aromatic hydroxyl groups is 1. The minimum atomic E-state index is -0.759. The number of phenols is 1. The molecular formula is C16H13FN2O4. The zero-order valence-electron chi connectivity index (χ0n) is 12.0. The second-order valence-electron chi connectivity index (χ2n) is 5.01. The van der Waals surface area contributed by atoms with Crippen molar-refractivity contribution in [1.29, 1.82) is 0 Å². The summed E-state index contributed by atoms with van der Waals surface area (Å²) in [7, 11) is 0. The Bertz CT molecular complexity index is 758. The summed E-state index contributed by atoms with van der Waals surface area (Å²) in [6, 6.07) is 10.7. The molecule has 7 heteroatoms. The van der Waals surface area contributed by atoms with E-state index < -0.39 is 17.8 Å². The van der Waals surface area contributed by atoms with Crippen LogP contribution in [0.5, 0.6) is 11.5 Å². The molecule has 1 heterocycles. The monoisotopic (exact) mass is 316 g/mol. The topological polar surface area (TPSA) is 78.9 Å². The number of nitrogens with one attached hydrogen (secondary N) is 1. The maximum absolute atomic E-state index is 13.6. The number of carbonyl (C=O) groups excluding carboxylic acids is 2. The molecule has 0 spiro atoms. The van der Waals surface area contributed by atoms with Crippen molar-refractivity contribution in [2.75, 3.05) is 11.9 Å². The van der Waals surface area contributed by atoms with Crippen molar-refractivity contribution in [1.82, 2.24) is 4.90 Å². The Balaban J connectivity index is 1.70. The largest absolute Gasteiger partial charge is 0.506 e. The highest BCUT2D eigenvalue weighted by Crippen LogP contribution is 2.27. The molecule has 0 bridgehead atoms. The molecule has 0 unspecified atom stereocenters. The molecule has 0 aliphatic carbocycles. The van der Waals surface area contributed by atoms with E-state index in [0.717, 1.165) is 11.6 Å². The van der Waals surface area contributed by atoms with Crippen LogP contribution in [-0.4, -0.2) is 28.6 Å². The van der Waals surface area contributed by atoms with Crippen molar-refractivity contribution in [3.8, 4) is 11.5 Å². The molecule has 2 amide bonds. The number of nitrogens with zero attached hydrogens (tertiary/aromatic N) is 1. The minimum absolute atomic E-state index is 0.214. The van der Waals surface area contributed by atoms with Crippen molar-refractivity contribution in [2.24, 2.45) is 0 Å². The maximum Gasteiger partial charge on any atom is 0.416 e. The van der Waals surface area contributed by atoms with Gasteiger partial charge in [0, 0.05) is 5.56 Å². The maximum atomic E-state index is 13.6. The van der Waals surface area contributed by atoms with Crippen LogP contribution in [0.1, 0.15) is 5.56 Å². The Morgan fingerprint density at radius 2 is 2.04 bits per heavy atom. The zero-order chi connectivity index (χ0) is 16.4. The molecule has 23 heavy (non-hydrogen) atoms. The third-order valence-electron chi connectivity index (χ3n) is 3.38. The van der Waals surface area contributed by atoms with E-state index in [9.17, 15) is 19.1 Å². The lowest BCUT2D eigenvalue weighted by Crippen LogP contribution is -2.41. The number of halogens is 1. The number of fused-ring (bicyclic) bond motifs is 1. The second-order valence-corrected chi connectivity index (χ2v) is 5.01. The number of hydrogen-bond acceptors (Lipinski definition) is 4. The molecule has 1 aliphatic rings. The molecule has 0 aromatic heterocycles. The summed E-state index contributed by atoms with van der Waals surface area (Å²) in [6.07, 6.45) is -0.656. The normalized spacial score (nSPS) is 13.3. The Labute approximate surface area is 131 Å². The third-order valence-corrected chi connectivity index (χ3v) is 3.38. The fourth-order valence-corrected chi connectivity index (χ4v) is 2.27. The summed E-state index contributed by atoms with van der Waals surface area (Å²) in [6.45, 7) is -0.105. The second kappa shape index (κ2) is 5.96. The first-order valence-corrected chi connectivity index (χ1v) is 6.86. The summed E-state index contributed by atoms with van der Waals surface area (Å²) in [5.74, 6) is -1.32. The molecule has 0 saturated carbocycles. The number of amides is 2. The van der Waals surface area contributed by atoms with E-state index in [1.165, 1.54) is 17.0 Å². The summed E-state index contributed by atoms with van der Waals surface area (Å²) in [5.41, 5.74) is 0.455. The van der Waals surface area contributed by atoms with Crippen LogP contribution in [0.2, 0.25) is 0 Å². The highest BCUT2D eigenvalue weighted by molar-refractivity contribution is 5.95. The average molecular weight is 316 g/mol. The van der Waals surface area contributed by atoms with Gasteiger partial charge < -0.3 is 15.2 Å². The van der Waals surface area contributed by atoms with Gasteiger partial charge in [0.1, 0.15) is 23.7 Å².